The van der Waals surface area contributed by atoms with E-state index in [0.717, 1.165) is 17.0 Å². The van der Waals surface area contributed by atoms with Gasteiger partial charge in [-0.2, -0.15) is 5.10 Å². The van der Waals surface area contributed by atoms with Gasteiger partial charge in [0.1, 0.15) is 5.75 Å². The molecule has 1 N–H and O–H groups in total. The van der Waals surface area contributed by atoms with Crippen LogP contribution in [0.3, 0.4) is 0 Å². The number of carbonyl (C=O) groups is 1. The molecule has 1 amide bonds. The topological polar surface area (TPSA) is 55.6 Å². The number of para-hydroxylation sites is 1. The Labute approximate surface area is 140 Å². The fourth-order valence-electron chi connectivity index (χ4n) is 2.33. The second kappa shape index (κ2) is 7.28. The van der Waals surface area contributed by atoms with Gasteiger partial charge in [0.2, 0.25) is 0 Å². The summed E-state index contributed by atoms with van der Waals surface area (Å²) in [4.78, 5) is 12.4. The van der Waals surface area contributed by atoms with Crippen molar-refractivity contribution in [2.24, 2.45) is 5.10 Å². The zero-order valence-corrected chi connectivity index (χ0v) is 13.2. The minimum atomic E-state index is -0.265. The van der Waals surface area contributed by atoms with Gasteiger partial charge >= 0.3 is 0 Å². The monoisotopic (exact) mass is 319 g/mol. The highest BCUT2D eigenvalue weighted by Crippen LogP contribution is 2.14. The summed E-state index contributed by atoms with van der Waals surface area (Å²) >= 11 is 0. The van der Waals surface area contributed by atoms with E-state index in [0.29, 0.717) is 5.56 Å². The molecule has 0 fully saturated rings. The predicted octanol–water partition coefficient (Wildman–Crippen LogP) is 3.25. The molecule has 0 atom stereocenters. The van der Waals surface area contributed by atoms with Crippen LogP contribution in [0.4, 0.5) is 0 Å². The lowest BCUT2D eigenvalue weighted by atomic mass is 10.1. The lowest BCUT2D eigenvalue weighted by Gasteiger charge is -2.09. The number of aromatic nitrogens is 1. The molecule has 3 aromatic rings. The van der Waals surface area contributed by atoms with Gasteiger partial charge < -0.3 is 9.30 Å². The van der Waals surface area contributed by atoms with Crippen molar-refractivity contribution >= 4 is 12.1 Å². The Morgan fingerprint density at radius 2 is 1.88 bits per heavy atom. The van der Waals surface area contributed by atoms with Gasteiger partial charge in [-0.3, -0.25) is 4.79 Å². The average Bonchev–Trinajstić information content (AvgIpc) is 3.16. The standard InChI is InChI=1S/C19H17N3O2/c1-24-16-8-6-7-15(13-16)14-20-21-19(23)17-9-2-3-10-18(17)22-11-4-5-12-22/h2-14H,1H3,(H,21,23)/b20-14+. The number of amides is 1. The Morgan fingerprint density at radius 1 is 1.08 bits per heavy atom. The molecule has 0 spiro atoms. The first-order valence-electron chi connectivity index (χ1n) is 7.48. The van der Waals surface area contributed by atoms with Gasteiger partial charge in [-0.15, -0.1) is 0 Å². The van der Waals surface area contributed by atoms with Gasteiger partial charge in [0.15, 0.2) is 0 Å². The molecule has 1 aromatic heterocycles. The Bertz CT molecular complexity index is 855. The van der Waals surface area contributed by atoms with Gasteiger partial charge in [-0.1, -0.05) is 24.3 Å². The van der Waals surface area contributed by atoms with E-state index in [-0.39, 0.29) is 5.91 Å². The van der Waals surface area contributed by atoms with Gasteiger partial charge in [0.05, 0.1) is 24.6 Å². The lowest BCUT2D eigenvalue weighted by molar-refractivity contribution is 0.0955. The highest BCUT2D eigenvalue weighted by Gasteiger charge is 2.10. The first kappa shape index (κ1) is 15.6. The molecule has 1 heterocycles. The molecule has 0 bridgehead atoms. The molecular weight excluding hydrogens is 302 g/mol. The molecule has 0 saturated carbocycles. The Hall–Kier alpha value is -3.34. The number of hydrogen-bond donors (Lipinski definition) is 1. The third-order valence-corrected chi connectivity index (χ3v) is 3.50. The maximum absolute atomic E-state index is 12.4. The minimum Gasteiger partial charge on any atom is -0.497 e. The van der Waals surface area contributed by atoms with Crippen molar-refractivity contribution in [2.45, 2.75) is 0 Å². The van der Waals surface area contributed by atoms with E-state index in [9.17, 15) is 4.79 Å². The smallest absolute Gasteiger partial charge is 0.273 e. The number of rotatable bonds is 5. The van der Waals surface area contributed by atoms with Gasteiger partial charge in [-0.05, 0) is 42.0 Å². The molecule has 0 radical (unpaired) electrons. The maximum atomic E-state index is 12.4. The summed E-state index contributed by atoms with van der Waals surface area (Å²) in [5.41, 5.74) is 4.76. The van der Waals surface area contributed by atoms with Crippen LogP contribution in [-0.2, 0) is 0 Å². The number of nitrogens with one attached hydrogen (secondary N) is 1. The molecule has 0 saturated heterocycles. The van der Waals surface area contributed by atoms with E-state index in [1.165, 1.54) is 0 Å². The molecule has 3 rings (SSSR count). The highest BCUT2D eigenvalue weighted by atomic mass is 16.5. The first-order chi connectivity index (χ1) is 11.8. The molecule has 0 aliphatic carbocycles. The fourth-order valence-corrected chi connectivity index (χ4v) is 2.33. The summed E-state index contributed by atoms with van der Waals surface area (Å²) in [6, 6.07) is 18.6. The summed E-state index contributed by atoms with van der Waals surface area (Å²) in [5, 5.41) is 4.03. The Morgan fingerprint density at radius 3 is 2.67 bits per heavy atom. The summed E-state index contributed by atoms with van der Waals surface area (Å²) < 4.78 is 7.05. The number of ether oxygens (including phenoxy) is 1. The van der Waals surface area contributed by atoms with Crippen molar-refractivity contribution in [3.63, 3.8) is 0 Å². The van der Waals surface area contributed by atoms with E-state index < -0.39 is 0 Å². The Balaban J connectivity index is 1.75. The van der Waals surface area contributed by atoms with Gasteiger partial charge in [-0.25, -0.2) is 5.43 Å². The molecule has 5 heteroatoms. The summed E-state index contributed by atoms with van der Waals surface area (Å²) in [6.45, 7) is 0. The molecule has 2 aromatic carbocycles. The van der Waals surface area contributed by atoms with Crippen LogP contribution in [0.25, 0.3) is 5.69 Å². The number of benzene rings is 2. The summed E-state index contributed by atoms with van der Waals surface area (Å²) in [6.07, 6.45) is 5.37. The number of nitrogens with zero attached hydrogens (tertiary/aromatic N) is 2. The molecule has 0 aliphatic rings. The first-order valence-corrected chi connectivity index (χ1v) is 7.48. The molecule has 24 heavy (non-hydrogen) atoms. The van der Waals surface area contributed by atoms with E-state index in [1.807, 2.05) is 71.6 Å². The van der Waals surface area contributed by atoms with Crippen LogP contribution in [0.15, 0.2) is 78.2 Å². The molecule has 0 aliphatic heterocycles. The van der Waals surface area contributed by atoms with Crippen molar-refractivity contribution in [1.29, 1.82) is 0 Å². The average molecular weight is 319 g/mol. The summed E-state index contributed by atoms with van der Waals surface area (Å²) in [5.74, 6) is 0.474. The van der Waals surface area contributed by atoms with Crippen molar-refractivity contribution in [3.8, 4) is 11.4 Å². The number of methoxy groups -OCH3 is 1. The molecular formula is C19H17N3O2. The minimum absolute atomic E-state index is 0.265. The largest absolute Gasteiger partial charge is 0.497 e. The van der Waals surface area contributed by atoms with Crippen molar-refractivity contribution in [3.05, 3.63) is 84.2 Å². The molecule has 5 nitrogen and oxygen atoms in total. The molecule has 120 valence electrons. The van der Waals surface area contributed by atoms with Crippen molar-refractivity contribution in [1.82, 2.24) is 9.99 Å². The van der Waals surface area contributed by atoms with Crippen LogP contribution in [0.5, 0.6) is 5.75 Å². The fraction of sp³-hybridized carbons (Fsp3) is 0.0526. The Kier molecular flexibility index (Phi) is 4.72. The van der Waals surface area contributed by atoms with E-state index in [1.54, 1.807) is 19.4 Å². The third-order valence-electron chi connectivity index (χ3n) is 3.50. The highest BCUT2D eigenvalue weighted by molar-refractivity contribution is 5.98. The van der Waals surface area contributed by atoms with Gasteiger partial charge in [0.25, 0.3) is 5.91 Å². The van der Waals surface area contributed by atoms with Crippen LogP contribution in [-0.4, -0.2) is 23.8 Å². The van der Waals surface area contributed by atoms with E-state index in [4.69, 9.17) is 4.74 Å². The van der Waals surface area contributed by atoms with Crippen molar-refractivity contribution < 1.29 is 9.53 Å². The quantitative estimate of drug-likeness (QED) is 0.580. The van der Waals surface area contributed by atoms with Crippen LogP contribution in [0, 0.1) is 0 Å². The van der Waals surface area contributed by atoms with E-state index in [2.05, 4.69) is 10.5 Å². The zero-order chi connectivity index (χ0) is 16.8. The van der Waals surface area contributed by atoms with Gasteiger partial charge in [0, 0.05) is 12.4 Å². The third kappa shape index (κ3) is 3.52. The van der Waals surface area contributed by atoms with Crippen LogP contribution >= 0.6 is 0 Å². The maximum Gasteiger partial charge on any atom is 0.273 e. The number of carbonyl (C=O) groups excluding carboxylic acids is 1. The number of hydrazone groups is 1. The van der Waals surface area contributed by atoms with Crippen LogP contribution < -0.4 is 10.2 Å². The SMILES string of the molecule is COc1cccc(/C=N/NC(=O)c2ccccc2-n2cccc2)c1. The van der Waals surface area contributed by atoms with Crippen LogP contribution in [0.2, 0.25) is 0 Å². The van der Waals surface area contributed by atoms with Crippen molar-refractivity contribution in [2.75, 3.05) is 7.11 Å². The van der Waals surface area contributed by atoms with Crippen LogP contribution in [0.1, 0.15) is 15.9 Å². The normalized spacial score (nSPS) is 10.7. The lowest BCUT2D eigenvalue weighted by Crippen LogP contribution is -2.19. The second-order valence-electron chi connectivity index (χ2n) is 5.08. The number of hydrogen-bond acceptors (Lipinski definition) is 3. The van der Waals surface area contributed by atoms with E-state index >= 15 is 0 Å². The predicted molar refractivity (Wildman–Crippen MR) is 93.8 cm³/mol. The second-order valence-corrected chi connectivity index (χ2v) is 5.08. The molecule has 0 unspecified atom stereocenters. The zero-order valence-electron chi connectivity index (χ0n) is 13.2. The summed E-state index contributed by atoms with van der Waals surface area (Å²) in [7, 11) is 1.61.